The summed E-state index contributed by atoms with van der Waals surface area (Å²) in [5.74, 6) is -0.426. The predicted octanol–water partition coefficient (Wildman–Crippen LogP) is 4.04. The molecule has 0 saturated heterocycles. The van der Waals surface area contributed by atoms with Gasteiger partial charge in [0.1, 0.15) is 6.10 Å². The number of hydrogen-bond acceptors (Lipinski definition) is 3. The molecule has 0 spiro atoms. The highest BCUT2D eigenvalue weighted by molar-refractivity contribution is 5.88. The minimum Gasteiger partial charge on any atom is -0.292 e. The molecule has 0 atom stereocenters. The smallest absolute Gasteiger partial charge is 0.292 e. The van der Waals surface area contributed by atoms with Crippen LogP contribution in [0.2, 0.25) is 0 Å². The van der Waals surface area contributed by atoms with Crippen molar-refractivity contribution in [2.75, 3.05) is 0 Å². The monoisotopic (exact) mass is 260 g/mol. The van der Waals surface area contributed by atoms with Gasteiger partial charge in [-0.25, -0.2) is 4.79 Å². The van der Waals surface area contributed by atoms with Gasteiger partial charge in [-0.15, -0.1) is 0 Å². The minimum atomic E-state index is -0.426. The SMILES string of the molecule is CCCc1ccc(C(=O)OO[C]2CC[CH]CC2)cc1. The van der Waals surface area contributed by atoms with Gasteiger partial charge in [0.25, 0.3) is 0 Å². The van der Waals surface area contributed by atoms with Crippen LogP contribution >= 0.6 is 0 Å². The van der Waals surface area contributed by atoms with E-state index in [2.05, 4.69) is 13.3 Å². The quantitative estimate of drug-likeness (QED) is 0.592. The first kappa shape index (κ1) is 14.1. The van der Waals surface area contributed by atoms with Gasteiger partial charge in [0, 0.05) is 0 Å². The van der Waals surface area contributed by atoms with Crippen molar-refractivity contribution in [1.82, 2.24) is 0 Å². The van der Waals surface area contributed by atoms with E-state index in [1.54, 1.807) is 12.1 Å². The Morgan fingerprint density at radius 2 is 1.84 bits per heavy atom. The Bertz CT molecular complexity index is 391. The normalized spacial score (nSPS) is 16.3. The molecule has 1 saturated carbocycles. The molecular weight excluding hydrogens is 240 g/mol. The lowest BCUT2D eigenvalue weighted by Gasteiger charge is -2.18. The number of rotatable bonds is 5. The van der Waals surface area contributed by atoms with Crippen molar-refractivity contribution in [3.05, 3.63) is 47.9 Å². The van der Waals surface area contributed by atoms with Crippen LogP contribution in [0.3, 0.4) is 0 Å². The molecule has 1 fully saturated rings. The van der Waals surface area contributed by atoms with Crippen LogP contribution in [0.5, 0.6) is 0 Å². The van der Waals surface area contributed by atoms with Crippen LogP contribution in [0.25, 0.3) is 0 Å². The van der Waals surface area contributed by atoms with E-state index in [-0.39, 0.29) is 0 Å². The summed E-state index contributed by atoms with van der Waals surface area (Å²) in [5.41, 5.74) is 1.76. The zero-order valence-electron chi connectivity index (χ0n) is 11.4. The van der Waals surface area contributed by atoms with Gasteiger partial charge in [0.2, 0.25) is 0 Å². The topological polar surface area (TPSA) is 35.5 Å². The van der Waals surface area contributed by atoms with E-state index in [0.717, 1.165) is 44.6 Å². The molecule has 0 N–H and O–H groups in total. The van der Waals surface area contributed by atoms with Crippen LogP contribution in [0, 0.1) is 12.5 Å². The van der Waals surface area contributed by atoms with E-state index in [1.807, 2.05) is 12.1 Å². The van der Waals surface area contributed by atoms with Crippen LogP contribution in [-0.4, -0.2) is 5.97 Å². The molecule has 19 heavy (non-hydrogen) atoms. The number of aryl methyl sites for hydroxylation is 1. The van der Waals surface area contributed by atoms with E-state index in [0.29, 0.717) is 5.56 Å². The molecule has 2 radical (unpaired) electrons. The Labute approximate surface area is 114 Å². The Kier molecular flexibility index (Phi) is 5.40. The second kappa shape index (κ2) is 7.29. The van der Waals surface area contributed by atoms with Crippen LogP contribution in [0.15, 0.2) is 24.3 Å². The maximum Gasteiger partial charge on any atom is 0.373 e. The van der Waals surface area contributed by atoms with Gasteiger partial charge in [-0.05, 0) is 56.2 Å². The van der Waals surface area contributed by atoms with Crippen molar-refractivity contribution in [2.45, 2.75) is 45.4 Å². The third-order valence-electron chi connectivity index (χ3n) is 3.22. The Morgan fingerprint density at radius 1 is 1.16 bits per heavy atom. The lowest BCUT2D eigenvalue weighted by molar-refractivity contribution is -0.238. The molecule has 1 aliphatic rings. The van der Waals surface area contributed by atoms with Crippen molar-refractivity contribution in [2.24, 2.45) is 0 Å². The molecule has 0 unspecified atom stereocenters. The highest BCUT2D eigenvalue weighted by atomic mass is 17.2. The van der Waals surface area contributed by atoms with Crippen molar-refractivity contribution in [3.8, 4) is 0 Å². The van der Waals surface area contributed by atoms with Gasteiger partial charge in [0.05, 0.1) is 5.56 Å². The van der Waals surface area contributed by atoms with Gasteiger partial charge in [-0.3, -0.25) is 4.89 Å². The molecular formula is C16H20O3. The summed E-state index contributed by atoms with van der Waals surface area (Å²) in [5, 5.41) is 0. The standard InChI is InChI=1S/C16H20O3/c1-2-6-13-9-11-14(12-10-13)16(17)19-18-15-7-4-3-5-8-15/h3,9-12H,2,4-8H2,1H3. The summed E-state index contributed by atoms with van der Waals surface area (Å²) in [6.07, 6.45) is 8.91. The molecule has 0 heterocycles. The molecule has 1 aliphatic carbocycles. The summed E-state index contributed by atoms with van der Waals surface area (Å²) < 4.78 is 0. The third-order valence-corrected chi connectivity index (χ3v) is 3.22. The van der Waals surface area contributed by atoms with E-state index in [1.165, 1.54) is 5.56 Å². The molecule has 3 nitrogen and oxygen atoms in total. The summed E-state index contributed by atoms with van der Waals surface area (Å²) >= 11 is 0. The second-order valence-electron chi connectivity index (χ2n) is 4.81. The fourth-order valence-electron chi connectivity index (χ4n) is 2.12. The number of hydrogen-bond donors (Lipinski definition) is 0. The van der Waals surface area contributed by atoms with Crippen molar-refractivity contribution < 1.29 is 14.6 Å². The van der Waals surface area contributed by atoms with Crippen LogP contribution < -0.4 is 0 Å². The Morgan fingerprint density at radius 3 is 2.47 bits per heavy atom. The van der Waals surface area contributed by atoms with Crippen LogP contribution in [-0.2, 0) is 16.2 Å². The van der Waals surface area contributed by atoms with E-state index < -0.39 is 5.97 Å². The average molecular weight is 260 g/mol. The molecule has 0 amide bonds. The first-order valence-corrected chi connectivity index (χ1v) is 6.93. The second-order valence-corrected chi connectivity index (χ2v) is 4.81. The molecule has 0 aliphatic heterocycles. The fraction of sp³-hybridized carbons (Fsp3) is 0.438. The van der Waals surface area contributed by atoms with E-state index >= 15 is 0 Å². The van der Waals surface area contributed by atoms with E-state index in [9.17, 15) is 4.79 Å². The highest BCUT2D eigenvalue weighted by Gasteiger charge is 2.18. The average Bonchev–Trinajstić information content (AvgIpc) is 2.47. The molecule has 3 heteroatoms. The fourth-order valence-corrected chi connectivity index (χ4v) is 2.12. The van der Waals surface area contributed by atoms with Crippen molar-refractivity contribution in [3.63, 3.8) is 0 Å². The maximum atomic E-state index is 11.8. The third kappa shape index (κ3) is 4.35. The van der Waals surface area contributed by atoms with Gasteiger partial charge in [0.15, 0.2) is 0 Å². The minimum absolute atomic E-state index is 0.426. The molecule has 102 valence electrons. The zero-order chi connectivity index (χ0) is 13.5. The number of carbonyl (C=O) groups is 1. The zero-order valence-corrected chi connectivity index (χ0v) is 11.4. The Hall–Kier alpha value is -1.35. The van der Waals surface area contributed by atoms with Gasteiger partial charge in [-0.1, -0.05) is 25.5 Å². The summed E-state index contributed by atoms with van der Waals surface area (Å²) in [4.78, 5) is 21.8. The van der Waals surface area contributed by atoms with Crippen molar-refractivity contribution >= 4 is 5.97 Å². The largest absolute Gasteiger partial charge is 0.373 e. The predicted molar refractivity (Wildman–Crippen MR) is 72.9 cm³/mol. The summed E-state index contributed by atoms with van der Waals surface area (Å²) in [6.45, 7) is 2.13. The molecule has 0 aromatic heterocycles. The Balaban J connectivity index is 1.81. The van der Waals surface area contributed by atoms with Crippen LogP contribution in [0.4, 0.5) is 0 Å². The van der Waals surface area contributed by atoms with E-state index in [4.69, 9.17) is 9.78 Å². The van der Waals surface area contributed by atoms with Gasteiger partial charge >= 0.3 is 5.97 Å². The molecule has 2 rings (SSSR count). The summed E-state index contributed by atoms with van der Waals surface area (Å²) in [7, 11) is 0. The highest BCUT2D eigenvalue weighted by Crippen LogP contribution is 2.26. The number of benzene rings is 1. The number of carbonyl (C=O) groups excluding carboxylic acids is 1. The molecule has 0 bridgehead atoms. The maximum absolute atomic E-state index is 11.8. The van der Waals surface area contributed by atoms with Crippen molar-refractivity contribution in [1.29, 1.82) is 0 Å². The first-order chi connectivity index (χ1) is 9.29. The molecule has 1 aromatic rings. The van der Waals surface area contributed by atoms with Gasteiger partial charge in [-0.2, -0.15) is 4.89 Å². The lowest BCUT2D eigenvalue weighted by atomic mass is 9.98. The van der Waals surface area contributed by atoms with Gasteiger partial charge < -0.3 is 0 Å². The first-order valence-electron chi connectivity index (χ1n) is 6.93. The summed E-state index contributed by atoms with van der Waals surface area (Å²) in [6, 6.07) is 7.50. The van der Waals surface area contributed by atoms with Crippen LogP contribution in [0.1, 0.15) is 54.9 Å². The molecule has 1 aromatic carbocycles. The lowest BCUT2D eigenvalue weighted by Crippen LogP contribution is -2.13.